The Balaban J connectivity index is 2.22. The normalized spacial score (nSPS) is 21.8. The molecule has 1 aliphatic rings. The summed E-state index contributed by atoms with van der Waals surface area (Å²) in [6, 6.07) is 0. The van der Waals surface area contributed by atoms with Crippen LogP contribution in [0.15, 0.2) is 0 Å². The van der Waals surface area contributed by atoms with Crippen molar-refractivity contribution in [2.45, 2.75) is 24.6 Å². The highest BCUT2D eigenvalue weighted by atomic mass is 19.4. The number of hydrogen-bond acceptors (Lipinski definition) is 2. The van der Waals surface area contributed by atoms with E-state index in [9.17, 15) is 13.2 Å². The van der Waals surface area contributed by atoms with Gasteiger partial charge in [-0.05, 0) is 12.8 Å². The van der Waals surface area contributed by atoms with Crippen LogP contribution in [0.1, 0.15) is 12.8 Å². The first-order chi connectivity index (χ1) is 4.97. The zero-order valence-corrected chi connectivity index (χ0v) is 6.04. The maximum absolute atomic E-state index is 11.6. The molecule has 1 saturated carbocycles. The van der Waals surface area contributed by atoms with E-state index in [0.717, 1.165) is 12.8 Å². The van der Waals surface area contributed by atoms with Crippen LogP contribution in [0.4, 0.5) is 13.2 Å². The van der Waals surface area contributed by atoms with Crippen LogP contribution >= 0.6 is 0 Å². The van der Waals surface area contributed by atoms with Crippen LogP contribution in [0.3, 0.4) is 0 Å². The third-order valence-corrected chi connectivity index (χ3v) is 1.91. The SMILES string of the molecule is NCC1(NCC(F)(F)F)CC1. The molecule has 0 radical (unpaired) electrons. The van der Waals surface area contributed by atoms with Crippen molar-refractivity contribution in [2.24, 2.45) is 5.73 Å². The van der Waals surface area contributed by atoms with Gasteiger partial charge < -0.3 is 11.1 Å². The maximum atomic E-state index is 11.6. The van der Waals surface area contributed by atoms with E-state index >= 15 is 0 Å². The van der Waals surface area contributed by atoms with Crippen molar-refractivity contribution >= 4 is 0 Å². The average Bonchev–Trinajstić information content (AvgIpc) is 2.63. The second-order valence-corrected chi connectivity index (χ2v) is 2.95. The van der Waals surface area contributed by atoms with E-state index in [0.29, 0.717) is 6.54 Å². The number of halogens is 3. The lowest BCUT2D eigenvalue weighted by atomic mass is 10.3. The molecule has 2 nitrogen and oxygen atoms in total. The maximum Gasteiger partial charge on any atom is 0.401 e. The molecule has 0 amide bonds. The van der Waals surface area contributed by atoms with Gasteiger partial charge in [-0.1, -0.05) is 0 Å². The highest BCUT2D eigenvalue weighted by molar-refractivity contribution is 5.02. The van der Waals surface area contributed by atoms with Crippen molar-refractivity contribution in [2.75, 3.05) is 13.1 Å². The molecule has 0 heterocycles. The Bertz CT molecular complexity index is 139. The molecule has 1 aliphatic carbocycles. The Labute approximate surface area is 62.9 Å². The van der Waals surface area contributed by atoms with Crippen molar-refractivity contribution in [3.8, 4) is 0 Å². The highest BCUT2D eigenvalue weighted by Crippen LogP contribution is 2.34. The second kappa shape index (κ2) is 2.64. The van der Waals surface area contributed by atoms with E-state index in [-0.39, 0.29) is 0 Å². The number of nitrogens with two attached hydrogens (primary N) is 1. The summed E-state index contributed by atoms with van der Waals surface area (Å²) < 4.78 is 34.9. The number of rotatable bonds is 3. The van der Waals surface area contributed by atoms with Gasteiger partial charge in [0.2, 0.25) is 0 Å². The van der Waals surface area contributed by atoms with Crippen molar-refractivity contribution in [1.29, 1.82) is 0 Å². The summed E-state index contributed by atoms with van der Waals surface area (Å²) in [5.41, 5.74) is 4.87. The summed E-state index contributed by atoms with van der Waals surface area (Å²) >= 11 is 0. The predicted molar refractivity (Wildman–Crippen MR) is 35.1 cm³/mol. The molecule has 1 fully saturated rings. The molecule has 0 bridgehead atoms. The van der Waals surface area contributed by atoms with Crippen LogP contribution in [0.5, 0.6) is 0 Å². The molecule has 0 aromatic rings. The molecule has 0 aromatic heterocycles. The molecule has 0 saturated heterocycles. The quantitative estimate of drug-likeness (QED) is 0.648. The van der Waals surface area contributed by atoms with Gasteiger partial charge in [0, 0.05) is 12.1 Å². The standard InChI is InChI=1S/C6H11F3N2/c7-6(8,9)4-11-5(3-10)1-2-5/h11H,1-4,10H2. The summed E-state index contributed by atoms with van der Waals surface area (Å²) in [5, 5.41) is 2.41. The van der Waals surface area contributed by atoms with Crippen molar-refractivity contribution in [1.82, 2.24) is 5.32 Å². The molecule has 11 heavy (non-hydrogen) atoms. The smallest absolute Gasteiger partial charge is 0.329 e. The number of alkyl halides is 3. The van der Waals surface area contributed by atoms with E-state index in [2.05, 4.69) is 5.32 Å². The minimum Gasteiger partial charge on any atom is -0.329 e. The Morgan fingerprint density at radius 1 is 1.36 bits per heavy atom. The molecule has 0 atom stereocenters. The van der Waals surface area contributed by atoms with Gasteiger partial charge in [0.05, 0.1) is 6.54 Å². The van der Waals surface area contributed by atoms with E-state index in [1.807, 2.05) is 0 Å². The zero-order chi connectivity index (χ0) is 8.54. The molecule has 1 rings (SSSR count). The van der Waals surface area contributed by atoms with E-state index < -0.39 is 18.3 Å². The third kappa shape index (κ3) is 2.67. The molecule has 5 heteroatoms. The Morgan fingerprint density at radius 3 is 2.18 bits per heavy atom. The molecule has 0 unspecified atom stereocenters. The fourth-order valence-corrected chi connectivity index (χ4v) is 0.892. The van der Waals surface area contributed by atoms with Crippen LogP contribution in [-0.4, -0.2) is 24.8 Å². The summed E-state index contributed by atoms with van der Waals surface area (Å²) in [6.07, 6.45) is -2.59. The van der Waals surface area contributed by atoms with Crippen molar-refractivity contribution in [3.05, 3.63) is 0 Å². The lowest BCUT2D eigenvalue weighted by Crippen LogP contribution is -2.43. The first-order valence-corrected chi connectivity index (χ1v) is 3.49. The molecule has 3 N–H and O–H groups in total. The third-order valence-electron chi connectivity index (χ3n) is 1.91. The molecule has 0 spiro atoms. The largest absolute Gasteiger partial charge is 0.401 e. The van der Waals surface area contributed by atoms with Gasteiger partial charge in [-0.25, -0.2) is 0 Å². The lowest BCUT2D eigenvalue weighted by molar-refractivity contribution is -0.126. The van der Waals surface area contributed by atoms with Gasteiger partial charge in [-0.2, -0.15) is 13.2 Å². The number of nitrogens with one attached hydrogen (secondary N) is 1. The topological polar surface area (TPSA) is 38.0 Å². The fraction of sp³-hybridized carbons (Fsp3) is 1.00. The molecular formula is C6H11F3N2. The summed E-state index contributed by atoms with van der Waals surface area (Å²) in [5.74, 6) is 0. The summed E-state index contributed by atoms with van der Waals surface area (Å²) in [6.45, 7) is -0.632. The van der Waals surface area contributed by atoms with Crippen LogP contribution in [0, 0.1) is 0 Å². The van der Waals surface area contributed by atoms with Crippen LogP contribution < -0.4 is 11.1 Å². The zero-order valence-electron chi connectivity index (χ0n) is 6.04. The Hall–Kier alpha value is -0.290. The number of hydrogen-bond donors (Lipinski definition) is 2. The summed E-state index contributed by atoms with van der Waals surface area (Å²) in [7, 11) is 0. The lowest BCUT2D eigenvalue weighted by Gasteiger charge is -2.15. The highest BCUT2D eigenvalue weighted by Gasteiger charge is 2.43. The fourth-order valence-electron chi connectivity index (χ4n) is 0.892. The van der Waals surface area contributed by atoms with Gasteiger partial charge in [0.15, 0.2) is 0 Å². The van der Waals surface area contributed by atoms with Gasteiger partial charge in [0.1, 0.15) is 0 Å². The predicted octanol–water partition coefficient (Wildman–Crippen LogP) is 0.630. The molecule has 0 aliphatic heterocycles. The Morgan fingerprint density at radius 2 is 1.91 bits per heavy atom. The first kappa shape index (κ1) is 8.80. The van der Waals surface area contributed by atoms with E-state index in [1.54, 1.807) is 0 Å². The van der Waals surface area contributed by atoms with Crippen LogP contribution in [0.25, 0.3) is 0 Å². The average molecular weight is 168 g/mol. The van der Waals surface area contributed by atoms with Crippen molar-refractivity contribution in [3.63, 3.8) is 0 Å². The van der Waals surface area contributed by atoms with Crippen LogP contribution in [-0.2, 0) is 0 Å². The second-order valence-electron chi connectivity index (χ2n) is 2.95. The Kier molecular flexibility index (Phi) is 2.11. The van der Waals surface area contributed by atoms with Gasteiger partial charge in [-0.15, -0.1) is 0 Å². The molecular weight excluding hydrogens is 157 g/mol. The summed E-state index contributed by atoms with van der Waals surface area (Å²) in [4.78, 5) is 0. The minimum absolute atomic E-state index is 0.295. The van der Waals surface area contributed by atoms with Gasteiger partial charge in [-0.3, -0.25) is 0 Å². The van der Waals surface area contributed by atoms with Gasteiger partial charge >= 0.3 is 6.18 Å². The van der Waals surface area contributed by atoms with Gasteiger partial charge in [0.25, 0.3) is 0 Å². The van der Waals surface area contributed by atoms with E-state index in [4.69, 9.17) is 5.73 Å². The minimum atomic E-state index is -4.12. The first-order valence-electron chi connectivity index (χ1n) is 3.49. The molecule has 66 valence electrons. The monoisotopic (exact) mass is 168 g/mol. The van der Waals surface area contributed by atoms with Crippen molar-refractivity contribution < 1.29 is 13.2 Å². The van der Waals surface area contributed by atoms with Crippen LogP contribution in [0.2, 0.25) is 0 Å². The van der Waals surface area contributed by atoms with E-state index in [1.165, 1.54) is 0 Å². The molecule has 0 aromatic carbocycles.